The first-order valence-corrected chi connectivity index (χ1v) is 7.19. The van der Waals surface area contributed by atoms with E-state index in [2.05, 4.69) is 10.4 Å². The first kappa shape index (κ1) is 12.7. The van der Waals surface area contributed by atoms with Crippen molar-refractivity contribution in [2.24, 2.45) is 30.5 Å². The fourth-order valence-corrected chi connectivity index (χ4v) is 3.73. The van der Waals surface area contributed by atoms with Gasteiger partial charge in [0.2, 0.25) is 5.91 Å². The standard InChI is InChI=1S/C14H22N4O/c1-18-12(5-6-16-18)17-14(19)11-7-9-3-2-4-10(8-11)13(9)15/h5-6,9-11,13H,2-4,7-8,15H2,1H3,(H,17,19). The third-order valence-corrected chi connectivity index (χ3v) is 4.86. The monoisotopic (exact) mass is 262 g/mol. The lowest BCUT2D eigenvalue weighted by molar-refractivity contribution is -0.122. The van der Waals surface area contributed by atoms with Gasteiger partial charge < -0.3 is 11.1 Å². The van der Waals surface area contributed by atoms with E-state index in [4.69, 9.17) is 5.73 Å². The maximum Gasteiger partial charge on any atom is 0.228 e. The maximum atomic E-state index is 12.4. The average Bonchev–Trinajstić information content (AvgIpc) is 2.74. The second-order valence-electron chi connectivity index (χ2n) is 6.03. The van der Waals surface area contributed by atoms with Gasteiger partial charge in [-0.3, -0.25) is 9.48 Å². The topological polar surface area (TPSA) is 72.9 Å². The number of nitrogens with zero attached hydrogens (tertiary/aromatic N) is 2. The van der Waals surface area contributed by atoms with Gasteiger partial charge in [-0.15, -0.1) is 0 Å². The van der Waals surface area contributed by atoms with Crippen LogP contribution in [0.25, 0.3) is 0 Å². The van der Waals surface area contributed by atoms with Crippen molar-refractivity contribution in [2.45, 2.75) is 38.1 Å². The summed E-state index contributed by atoms with van der Waals surface area (Å²) in [6, 6.07) is 2.14. The highest BCUT2D eigenvalue weighted by atomic mass is 16.2. The SMILES string of the molecule is Cn1nccc1NC(=O)C1CC2CCCC(C1)C2N. The van der Waals surface area contributed by atoms with Crippen LogP contribution in [-0.4, -0.2) is 21.7 Å². The minimum absolute atomic E-state index is 0.116. The van der Waals surface area contributed by atoms with Gasteiger partial charge in [0, 0.05) is 25.1 Å². The largest absolute Gasteiger partial charge is 0.327 e. The molecule has 2 aliphatic rings. The predicted molar refractivity (Wildman–Crippen MR) is 73.4 cm³/mol. The lowest BCUT2D eigenvalue weighted by atomic mass is 9.65. The lowest BCUT2D eigenvalue weighted by Crippen LogP contribution is -2.48. The van der Waals surface area contributed by atoms with E-state index in [1.54, 1.807) is 10.9 Å². The Hall–Kier alpha value is -1.36. The molecule has 2 atom stereocenters. The quantitative estimate of drug-likeness (QED) is 0.848. The molecule has 3 N–H and O–H groups in total. The van der Waals surface area contributed by atoms with Crippen LogP contribution < -0.4 is 11.1 Å². The number of anilines is 1. The molecule has 5 heteroatoms. The minimum atomic E-state index is 0.116. The number of hydrogen-bond donors (Lipinski definition) is 2. The van der Waals surface area contributed by atoms with Crippen molar-refractivity contribution in [3.63, 3.8) is 0 Å². The Morgan fingerprint density at radius 3 is 2.68 bits per heavy atom. The summed E-state index contributed by atoms with van der Waals surface area (Å²) in [6.45, 7) is 0. The summed E-state index contributed by atoms with van der Waals surface area (Å²) in [7, 11) is 1.83. The normalized spacial score (nSPS) is 34.0. The zero-order valence-corrected chi connectivity index (χ0v) is 11.4. The molecular weight excluding hydrogens is 240 g/mol. The molecule has 3 rings (SSSR count). The number of carbonyl (C=O) groups excluding carboxylic acids is 1. The fraction of sp³-hybridized carbons (Fsp3) is 0.714. The smallest absolute Gasteiger partial charge is 0.228 e. The number of amides is 1. The molecule has 0 radical (unpaired) electrons. The van der Waals surface area contributed by atoms with Crippen molar-refractivity contribution < 1.29 is 4.79 Å². The van der Waals surface area contributed by atoms with E-state index in [-0.39, 0.29) is 11.8 Å². The zero-order chi connectivity index (χ0) is 13.4. The Labute approximate surface area is 113 Å². The average molecular weight is 262 g/mol. The van der Waals surface area contributed by atoms with Crippen LogP contribution in [0.4, 0.5) is 5.82 Å². The molecule has 5 nitrogen and oxygen atoms in total. The van der Waals surface area contributed by atoms with Crippen LogP contribution in [-0.2, 0) is 11.8 Å². The molecule has 2 aliphatic carbocycles. The summed E-state index contributed by atoms with van der Waals surface area (Å²) in [6.07, 6.45) is 7.24. The molecule has 2 unspecified atom stereocenters. The number of nitrogens with one attached hydrogen (secondary N) is 1. The molecule has 1 heterocycles. The van der Waals surface area contributed by atoms with Crippen LogP contribution in [0.3, 0.4) is 0 Å². The van der Waals surface area contributed by atoms with Gasteiger partial charge in [0.25, 0.3) is 0 Å². The first-order chi connectivity index (χ1) is 9.15. The van der Waals surface area contributed by atoms with Gasteiger partial charge in [-0.05, 0) is 37.5 Å². The van der Waals surface area contributed by atoms with Crippen LogP contribution in [0.15, 0.2) is 12.3 Å². The molecule has 0 saturated heterocycles. The summed E-state index contributed by atoms with van der Waals surface area (Å²) < 4.78 is 1.69. The second kappa shape index (κ2) is 4.96. The summed E-state index contributed by atoms with van der Waals surface area (Å²) in [5.41, 5.74) is 6.26. The number of aryl methyl sites for hydroxylation is 1. The number of carbonyl (C=O) groups is 1. The second-order valence-corrected chi connectivity index (χ2v) is 6.03. The fourth-order valence-electron chi connectivity index (χ4n) is 3.73. The Bertz CT molecular complexity index is 456. The Balaban J connectivity index is 1.66. The van der Waals surface area contributed by atoms with Gasteiger partial charge in [0.05, 0.1) is 6.20 Å². The molecule has 1 aromatic rings. The van der Waals surface area contributed by atoms with Crippen LogP contribution >= 0.6 is 0 Å². The molecule has 2 saturated carbocycles. The van der Waals surface area contributed by atoms with Crippen LogP contribution in [0, 0.1) is 17.8 Å². The van der Waals surface area contributed by atoms with Crippen molar-refractivity contribution in [3.8, 4) is 0 Å². The molecule has 104 valence electrons. The molecule has 2 fully saturated rings. The Morgan fingerprint density at radius 1 is 1.42 bits per heavy atom. The van der Waals surface area contributed by atoms with Crippen molar-refractivity contribution in [1.82, 2.24) is 9.78 Å². The number of hydrogen-bond acceptors (Lipinski definition) is 3. The summed E-state index contributed by atoms with van der Waals surface area (Å²) >= 11 is 0. The van der Waals surface area contributed by atoms with Crippen molar-refractivity contribution >= 4 is 11.7 Å². The Morgan fingerprint density at radius 2 is 2.11 bits per heavy atom. The van der Waals surface area contributed by atoms with Crippen LogP contribution in [0.5, 0.6) is 0 Å². The van der Waals surface area contributed by atoms with Crippen LogP contribution in [0.1, 0.15) is 32.1 Å². The van der Waals surface area contributed by atoms with E-state index in [0.717, 1.165) is 18.7 Å². The van der Waals surface area contributed by atoms with Gasteiger partial charge in [-0.2, -0.15) is 5.10 Å². The zero-order valence-electron chi connectivity index (χ0n) is 11.4. The highest BCUT2D eigenvalue weighted by Crippen LogP contribution is 2.42. The van der Waals surface area contributed by atoms with Crippen molar-refractivity contribution in [3.05, 3.63) is 12.3 Å². The summed E-state index contributed by atoms with van der Waals surface area (Å²) in [5.74, 6) is 2.09. The molecular formula is C14H22N4O. The summed E-state index contributed by atoms with van der Waals surface area (Å²) in [4.78, 5) is 12.4. The third kappa shape index (κ3) is 2.39. The predicted octanol–water partition coefficient (Wildman–Crippen LogP) is 1.51. The van der Waals surface area contributed by atoms with E-state index >= 15 is 0 Å². The van der Waals surface area contributed by atoms with E-state index < -0.39 is 0 Å². The number of rotatable bonds is 2. The molecule has 0 spiro atoms. The maximum absolute atomic E-state index is 12.4. The first-order valence-electron chi connectivity index (χ1n) is 7.19. The lowest BCUT2D eigenvalue weighted by Gasteiger charge is -2.43. The summed E-state index contributed by atoms with van der Waals surface area (Å²) in [5, 5.41) is 7.05. The highest BCUT2D eigenvalue weighted by molar-refractivity contribution is 5.91. The van der Waals surface area contributed by atoms with E-state index in [1.165, 1.54) is 19.3 Å². The van der Waals surface area contributed by atoms with Gasteiger partial charge >= 0.3 is 0 Å². The molecule has 19 heavy (non-hydrogen) atoms. The van der Waals surface area contributed by atoms with Gasteiger partial charge in [-0.1, -0.05) is 6.42 Å². The Kier molecular flexibility index (Phi) is 3.31. The van der Waals surface area contributed by atoms with E-state index in [0.29, 0.717) is 17.9 Å². The highest BCUT2D eigenvalue weighted by Gasteiger charge is 2.40. The number of aromatic nitrogens is 2. The van der Waals surface area contributed by atoms with Crippen molar-refractivity contribution in [2.75, 3.05) is 5.32 Å². The molecule has 2 bridgehead atoms. The van der Waals surface area contributed by atoms with Gasteiger partial charge in [-0.25, -0.2) is 0 Å². The van der Waals surface area contributed by atoms with E-state index in [9.17, 15) is 4.79 Å². The molecule has 0 aliphatic heterocycles. The minimum Gasteiger partial charge on any atom is -0.327 e. The number of nitrogens with two attached hydrogens (primary N) is 1. The molecule has 1 aromatic heterocycles. The van der Waals surface area contributed by atoms with Gasteiger partial charge in [0.1, 0.15) is 5.82 Å². The van der Waals surface area contributed by atoms with E-state index in [1.807, 2.05) is 13.1 Å². The van der Waals surface area contributed by atoms with Crippen molar-refractivity contribution in [1.29, 1.82) is 0 Å². The molecule has 1 amide bonds. The number of fused-ring (bicyclic) bond motifs is 2. The van der Waals surface area contributed by atoms with Crippen LogP contribution in [0.2, 0.25) is 0 Å². The third-order valence-electron chi connectivity index (χ3n) is 4.86. The van der Waals surface area contributed by atoms with Gasteiger partial charge in [0.15, 0.2) is 0 Å². The molecule has 0 aromatic carbocycles.